The van der Waals surface area contributed by atoms with Gasteiger partial charge in [0, 0.05) is 12.2 Å². The van der Waals surface area contributed by atoms with Gasteiger partial charge in [-0.05, 0) is 62.6 Å². The molecule has 1 aliphatic heterocycles. The van der Waals surface area contributed by atoms with Gasteiger partial charge in [-0.3, -0.25) is 4.90 Å². The van der Waals surface area contributed by atoms with Crippen LogP contribution < -0.4 is 5.73 Å². The molecule has 1 saturated carbocycles. The van der Waals surface area contributed by atoms with Crippen LogP contribution in [0.15, 0.2) is 42.6 Å². The second kappa shape index (κ2) is 7.40. The van der Waals surface area contributed by atoms with E-state index in [1.165, 1.54) is 0 Å². The smallest absolute Gasteiger partial charge is 0.411 e. The average Bonchev–Trinajstić information content (AvgIpc) is 2.97. The summed E-state index contributed by atoms with van der Waals surface area (Å²) >= 11 is 0. The van der Waals surface area contributed by atoms with Gasteiger partial charge in [-0.15, -0.1) is 0 Å². The number of carbonyl (C=O) groups is 1. The summed E-state index contributed by atoms with van der Waals surface area (Å²) in [5.74, 6) is 0.603. The topological polar surface area (TPSA) is 92.2 Å². The van der Waals surface area contributed by atoms with Crippen LogP contribution in [0.25, 0.3) is 0 Å². The van der Waals surface area contributed by atoms with Crippen LogP contribution in [0, 0.1) is 11.3 Å². The fraction of sp³-hybridized carbons (Fsp3) is 0.435. The molecule has 2 aliphatic rings. The maximum atomic E-state index is 12.8. The minimum absolute atomic E-state index is 0.0962. The van der Waals surface area contributed by atoms with Gasteiger partial charge in [0.05, 0.1) is 11.6 Å². The van der Waals surface area contributed by atoms with Crippen molar-refractivity contribution in [2.45, 2.75) is 63.1 Å². The fourth-order valence-electron chi connectivity index (χ4n) is 4.82. The first-order chi connectivity index (χ1) is 13.9. The third-order valence-electron chi connectivity index (χ3n) is 6.23. The Morgan fingerprint density at radius 3 is 2.52 bits per heavy atom. The lowest BCUT2D eigenvalue weighted by atomic mass is 9.80. The molecule has 0 bridgehead atoms. The first-order valence-electron chi connectivity index (χ1n) is 10.1. The number of hydrogen-bond donors (Lipinski definition) is 1. The molecule has 0 radical (unpaired) electrons. The van der Waals surface area contributed by atoms with Crippen molar-refractivity contribution in [3.05, 3.63) is 59.3 Å². The number of ether oxygens (including phenoxy) is 1. The normalized spacial score (nSPS) is 26.0. The fourth-order valence-corrected chi connectivity index (χ4v) is 4.82. The Kier molecular flexibility index (Phi) is 4.91. The van der Waals surface area contributed by atoms with E-state index in [1.54, 1.807) is 6.20 Å². The SMILES string of the molecule is CC1(C)OC(=O)N(C2CCC(c3cnc(N)c(C#N)c3)CC2)C1c1ccccc1. The molecule has 29 heavy (non-hydrogen) atoms. The van der Waals surface area contributed by atoms with Gasteiger partial charge in [-0.2, -0.15) is 5.26 Å². The van der Waals surface area contributed by atoms with Gasteiger partial charge in [0.1, 0.15) is 17.5 Å². The summed E-state index contributed by atoms with van der Waals surface area (Å²) in [5, 5.41) is 9.21. The van der Waals surface area contributed by atoms with Gasteiger partial charge in [0.15, 0.2) is 0 Å². The number of aromatic nitrogens is 1. The van der Waals surface area contributed by atoms with Gasteiger partial charge in [0.2, 0.25) is 0 Å². The zero-order valence-corrected chi connectivity index (χ0v) is 16.8. The number of hydrogen-bond acceptors (Lipinski definition) is 5. The van der Waals surface area contributed by atoms with E-state index >= 15 is 0 Å². The Labute approximate surface area is 171 Å². The molecule has 1 amide bonds. The highest BCUT2D eigenvalue weighted by atomic mass is 16.6. The van der Waals surface area contributed by atoms with Gasteiger partial charge >= 0.3 is 6.09 Å². The van der Waals surface area contributed by atoms with Gasteiger partial charge < -0.3 is 10.5 Å². The first-order valence-corrected chi connectivity index (χ1v) is 10.1. The lowest BCUT2D eigenvalue weighted by Crippen LogP contribution is -2.42. The molecule has 4 rings (SSSR count). The molecule has 6 heteroatoms. The lowest BCUT2D eigenvalue weighted by molar-refractivity contribution is 0.0664. The van der Waals surface area contributed by atoms with Gasteiger partial charge in [-0.1, -0.05) is 30.3 Å². The van der Waals surface area contributed by atoms with Crippen LogP contribution >= 0.6 is 0 Å². The van der Waals surface area contributed by atoms with Crippen LogP contribution in [0.4, 0.5) is 10.6 Å². The monoisotopic (exact) mass is 390 g/mol. The molecule has 2 aromatic rings. The van der Waals surface area contributed by atoms with Crippen molar-refractivity contribution in [2.24, 2.45) is 0 Å². The maximum absolute atomic E-state index is 12.8. The van der Waals surface area contributed by atoms with Crippen LogP contribution in [-0.2, 0) is 4.74 Å². The summed E-state index contributed by atoms with van der Waals surface area (Å²) in [5.41, 5.74) is 7.77. The molecule has 6 nitrogen and oxygen atoms in total. The molecule has 1 aromatic heterocycles. The summed E-state index contributed by atoms with van der Waals surface area (Å²) in [6.07, 6.45) is 5.21. The highest BCUT2D eigenvalue weighted by molar-refractivity contribution is 5.72. The van der Waals surface area contributed by atoms with Crippen LogP contribution in [-0.4, -0.2) is 27.6 Å². The molecule has 2 N–H and O–H groups in total. The van der Waals surface area contributed by atoms with Crippen molar-refractivity contribution in [1.82, 2.24) is 9.88 Å². The lowest BCUT2D eigenvalue weighted by Gasteiger charge is -2.38. The number of anilines is 1. The van der Waals surface area contributed by atoms with Crippen molar-refractivity contribution >= 4 is 11.9 Å². The number of benzene rings is 1. The highest BCUT2D eigenvalue weighted by Crippen LogP contribution is 2.46. The predicted octanol–water partition coefficient (Wildman–Crippen LogP) is 4.53. The molecule has 150 valence electrons. The number of nitrogens with two attached hydrogens (primary N) is 1. The van der Waals surface area contributed by atoms with Gasteiger partial charge in [-0.25, -0.2) is 9.78 Å². The number of cyclic esters (lactones) is 1. The molecule has 2 fully saturated rings. The Hall–Kier alpha value is -3.07. The summed E-state index contributed by atoms with van der Waals surface area (Å²) in [4.78, 5) is 18.9. The van der Waals surface area contributed by atoms with Crippen molar-refractivity contribution in [3.63, 3.8) is 0 Å². The molecule has 1 aliphatic carbocycles. The molecule has 1 atom stereocenters. The van der Waals surface area contributed by atoms with E-state index in [4.69, 9.17) is 10.5 Å². The quantitative estimate of drug-likeness (QED) is 0.831. The Bertz CT molecular complexity index is 943. The van der Waals surface area contributed by atoms with E-state index in [0.717, 1.165) is 36.8 Å². The number of rotatable bonds is 3. The Morgan fingerprint density at radius 2 is 1.86 bits per heavy atom. The Balaban J connectivity index is 1.53. The van der Waals surface area contributed by atoms with Crippen molar-refractivity contribution < 1.29 is 9.53 Å². The minimum Gasteiger partial charge on any atom is -0.441 e. The van der Waals surface area contributed by atoms with Crippen LogP contribution in [0.3, 0.4) is 0 Å². The number of pyridine rings is 1. The van der Waals surface area contributed by atoms with Crippen LogP contribution in [0.5, 0.6) is 0 Å². The molecule has 1 aromatic carbocycles. The van der Waals surface area contributed by atoms with E-state index in [-0.39, 0.29) is 24.0 Å². The third-order valence-corrected chi connectivity index (χ3v) is 6.23. The number of nitriles is 1. The summed E-state index contributed by atoms with van der Waals surface area (Å²) in [6.45, 7) is 3.97. The summed E-state index contributed by atoms with van der Waals surface area (Å²) < 4.78 is 5.76. The minimum atomic E-state index is -0.572. The number of nitrogens with zero attached hydrogens (tertiary/aromatic N) is 3. The second-order valence-corrected chi connectivity index (χ2v) is 8.51. The first kappa shape index (κ1) is 19.3. The summed E-state index contributed by atoms with van der Waals surface area (Å²) in [6, 6.07) is 14.1. The standard InChI is InChI=1S/C23H26N4O2/c1-23(2)20(16-6-4-3-5-7-16)27(22(28)29-23)19-10-8-15(9-11-19)18-12-17(13-24)21(25)26-14-18/h3-7,12,14-15,19-20H,8-11H2,1-2H3,(H2,25,26). The van der Waals surface area contributed by atoms with E-state index < -0.39 is 5.60 Å². The number of amides is 1. The van der Waals surface area contributed by atoms with Crippen LogP contribution in [0.2, 0.25) is 0 Å². The molecule has 2 heterocycles. The van der Waals surface area contributed by atoms with Crippen molar-refractivity contribution in [2.75, 3.05) is 5.73 Å². The Morgan fingerprint density at radius 1 is 1.17 bits per heavy atom. The van der Waals surface area contributed by atoms with Gasteiger partial charge in [0.25, 0.3) is 0 Å². The predicted molar refractivity (Wildman–Crippen MR) is 110 cm³/mol. The van der Waals surface area contributed by atoms with Crippen molar-refractivity contribution in [1.29, 1.82) is 5.26 Å². The van der Waals surface area contributed by atoms with E-state index in [1.807, 2.05) is 43.0 Å². The summed E-state index contributed by atoms with van der Waals surface area (Å²) in [7, 11) is 0. The van der Waals surface area contributed by atoms with Crippen LogP contribution in [0.1, 0.15) is 68.2 Å². The zero-order chi connectivity index (χ0) is 20.6. The largest absolute Gasteiger partial charge is 0.441 e. The molecular weight excluding hydrogens is 364 g/mol. The van der Waals surface area contributed by atoms with E-state index in [2.05, 4.69) is 23.2 Å². The van der Waals surface area contributed by atoms with E-state index in [0.29, 0.717) is 11.5 Å². The average molecular weight is 390 g/mol. The highest BCUT2D eigenvalue weighted by Gasteiger charge is 2.51. The molecular formula is C23H26N4O2. The third kappa shape index (κ3) is 3.53. The van der Waals surface area contributed by atoms with E-state index in [9.17, 15) is 10.1 Å². The number of carbonyl (C=O) groups excluding carboxylic acids is 1. The second-order valence-electron chi connectivity index (χ2n) is 8.51. The maximum Gasteiger partial charge on any atom is 0.411 e. The number of nitrogen functional groups attached to an aromatic ring is 1. The molecule has 0 spiro atoms. The molecule has 1 unspecified atom stereocenters. The van der Waals surface area contributed by atoms with Crippen molar-refractivity contribution in [3.8, 4) is 6.07 Å². The molecule has 1 saturated heterocycles. The zero-order valence-electron chi connectivity index (χ0n) is 16.8.